The van der Waals surface area contributed by atoms with Crippen molar-refractivity contribution in [2.24, 2.45) is 0 Å². The van der Waals surface area contributed by atoms with Gasteiger partial charge in [-0.05, 0) is 75.2 Å². The highest BCUT2D eigenvalue weighted by molar-refractivity contribution is 5.44. The van der Waals surface area contributed by atoms with E-state index in [-0.39, 0.29) is 11.2 Å². The summed E-state index contributed by atoms with van der Waals surface area (Å²) in [4.78, 5) is 4.37. The molecule has 2 unspecified atom stereocenters. The molecule has 0 radical (unpaired) electrons. The Morgan fingerprint density at radius 2 is 1.15 bits per heavy atom. The van der Waals surface area contributed by atoms with Crippen molar-refractivity contribution in [2.75, 3.05) is 65.7 Å². The average Bonchev–Trinajstić information content (AvgIpc) is 3.40. The Bertz CT molecular complexity index is 1170. The van der Waals surface area contributed by atoms with Crippen molar-refractivity contribution in [1.82, 2.24) is 9.80 Å². The molecule has 2 N–H and O–H groups in total. The molecule has 0 saturated carbocycles. The minimum absolute atomic E-state index is 0.227. The van der Waals surface area contributed by atoms with Gasteiger partial charge in [0.2, 0.25) is 11.6 Å². The van der Waals surface area contributed by atoms with Crippen molar-refractivity contribution >= 4 is 0 Å². The van der Waals surface area contributed by atoms with E-state index >= 15 is 0 Å². The molecule has 224 valence electrons. The molecule has 2 aromatic carbocycles. The van der Waals surface area contributed by atoms with E-state index in [1.165, 1.54) is 0 Å². The Kier molecular flexibility index (Phi) is 7.60. The summed E-state index contributed by atoms with van der Waals surface area (Å²) < 4.78 is 29.7. The minimum atomic E-state index is -1.35. The molecule has 4 aliphatic heterocycles. The summed E-state index contributed by atoms with van der Waals surface area (Å²) >= 11 is 0. The molecule has 2 saturated heterocycles. The zero-order valence-corrected chi connectivity index (χ0v) is 24.8. The highest BCUT2D eigenvalue weighted by Crippen LogP contribution is 2.39. The van der Waals surface area contributed by atoms with Gasteiger partial charge in [-0.15, -0.1) is 0 Å². The smallest absolute Gasteiger partial charge is 0.205 e. The first kappa shape index (κ1) is 28.9. The second-order valence-corrected chi connectivity index (χ2v) is 13.2. The van der Waals surface area contributed by atoms with E-state index in [9.17, 15) is 10.2 Å². The predicted octanol–water partition coefficient (Wildman–Crippen LogP) is 2.79. The number of hydrogen-bond acceptors (Lipinski definition) is 9. The molecule has 4 heterocycles. The molecule has 9 nitrogen and oxygen atoms in total. The Labute approximate surface area is 242 Å². The van der Waals surface area contributed by atoms with Gasteiger partial charge in [-0.3, -0.25) is 9.80 Å². The maximum atomic E-state index is 11.4. The van der Waals surface area contributed by atoms with Crippen molar-refractivity contribution in [3.05, 3.63) is 58.7 Å². The van der Waals surface area contributed by atoms with E-state index in [4.69, 9.17) is 23.7 Å². The first-order valence-electron chi connectivity index (χ1n) is 14.8. The van der Waals surface area contributed by atoms with Crippen molar-refractivity contribution in [1.29, 1.82) is 0 Å². The van der Waals surface area contributed by atoms with Crippen LogP contribution in [0.15, 0.2) is 36.4 Å². The summed E-state index contributed by atoms with van der Waals surface area (Å²) in [5.74, 6) is -0.934. The van der Waals surface area contributed by atoms with Crippen LogP contribution >= 0.6 is 0 Å². The molecule has 2 fully saturated rings. The molecule has 0 bridgehead atoms. The zero-order chi connectivity index (χ0) is 28.9. The van der Waals surface area contributed by atoms with Gasteiger partial charge in [0.25, 0.3) is 0 Å². The van der Waals surface area contributed by atoms with Gasteiger partial charge in [-0.1, -0.05) is 0 Å². The second-order valence-electron chi connectivity index (χ2n) is 13.2. The van der Waals surface area contributed by atoms with Crippen LogP contribution in [0.1, 0.15) is 49.9 Å². The van der Waals surface area contributed by atoms with Gasteiger partial charge in [-0.25, -0.2) is 0 Å². The molecule has 9 heteroatoms. The maximum Gasteiger partial charge on any atom is 0.205 e. The third-order valence-corrected chi connectivity index (χ3v) is 8.50. The normalized spacial score (nSPS) is 29.0. The fourth-order valence-electron chi connectivity index (χ4n) is 6.47. The van der Waals surface area contributed by atoms with Crippen LogP contribution in [-0.4, -0.2) is 96.9 Å². The third-order valence-electron chi connectivity index (χ3n) is 8.50. The molecule has 6 rings (SSSR count). The highest BCUT2D eigenvalue weighted by Gasteiger charge is 2.40. The first-order chi connectivity index (χ1) is 19.4. The fraction of sp³-hybridized carbons (Fsp3) is 0.625. The lowest BCUT2D eigenvalue weighted by atomic mass is 9.96. The lowest BCUT2D eigenvalue weighted by molar-refractivity contribution is -0.249. The number of ether oxygens (including phenoxy) is 5. The van der Waals surface area contributed by atoms with Gasteiger partial charge in [0.15, 0.2) is 0 Å². The van der Waals surface area contributed by atoms with Crippen LogP contribution < -0.4 is 9.47 Å². The molecule has 0 aromatic heterocycles. The lowest BCUT2D eigenvalue weighted by Crippen LogP contribution is -2.51. The first-order valence-corrected chi connectivity index (χ1v) is 14.8. The van der Waals surface area contributed by atoms with Crippen molar-refractivity contribution in [3.63, 3.8) is 0 Å². The second kappa shape index (κ2) is 10.8. The number of hydrogen-bond donors (Lipinski definition) is 2. The largest absolute Gasteiger partial charge is 0.487 e. The summed E-state index contributed by atoms with van der Waals surface area (Å²) in [6.45, 7) is 14.0. The van der Waals surface area contributed by atoms with E-state index in [0.29, 0.717) is 52.6 Å². The standard InChI is InChI=1S/C32H44N2O7/c1-29(2)19-23-17-25(5-7-27(23)40-29)31(35)21-33(11-15-38-31)9-13-37-14-10-34-12-16-39-32(36,22-34)26-6-8-28-24(18-26)20-30(3,4)41-28/h5-8,17-18,35-36H,9-16,19-22H2,1-4H3. The van der Waals surface area contributed by atoms with Crippen LogP contribution in [0.2, 0.25) is 0 Å². The van der Waals surface area contributed by atoms with Crippen LogP contribution in [0.5, 0.6) is 11.5 Å². The van der Waals surface area contributed by atoms with E-state index < -0.39 is 11.6 Å². The van der Waals surface area contributed by atoms with Crippen LogP contribution in [0, 0.1) is 0 Å². The van der Waals surface area contributed by atoms with Crippen LogP contribution in [0.4, 0.5) is 0 Å². The quantitative estimate of drug-likeness (QED) is 0.467. The Morgan fingerprint density at radius 3 is 1.59 bits per heavy atom. The van der Waals surface area contributed by atoms with Crippen molar-refractivity contribution in [2.45, 2.75) is 63.3 Å². The van der Waals surface area contributed by atoms with Gasteiger partial charge >= 0.3 is 0 Å². The van der Waals surface area contributed by atoms with Crippen molar-refractivity contribution in [3.8, 4) is 11.5 Å². The van der Waals surface area contributed by atoms with Gasteiger partial charge in [0.05, 0.1) is 39.5 Å². The topological polar surface area (TPSA) is 93.1 Å². The highest BCUT2D eigenvalue weighted by atomic mass is 16.6. The number of morpholine rings is 2. The molecular formula is C32H44N2O7. The maximum absolute atomic E-state index is 11.4. The monoisotopic (exact) mass is 568 g/mol. The number of rotatable bonds is 8. The molecule has 41 heavy (non-hydrogen) atoms. The molecule has 4 aliphatic rings. The number of fused-ring (bicyclic) bond motifs is 2. The van der Waals surface area contributed by atoms with Crippen molar-refractivity contribution < 1.29 is 33.9 Å². The summed E-state index contributed by atoms with van der Waals surface area (Å²) in [7, 11) is 0. The Morgan fingerprint density at radius 1 is 0.707 bits per heavy atom. The molecule has 2 atom stereocenters. The zero-order valence-electron chi connectivity index (χ0n) is 24.8. The van der Waals surface area contributed by atoms with E-state index in [2.05, 4.69) is 37.5 Å². The fourth-order valence-corrected chi connectivity index (χ4v) is 6.47. The minimum Gasteiger partial charge on any atom is -0.487 e. The van der Waals surface area contributed by atoms with Crippen LogP contribution in [0.3, 0.4) is 0 Å². The van der Waals surface area contributed by atoms with E-state index in [1.54, 1.807) is 0 Å². The third kappa shape index (κ3) is 6.27. The Hall–Kier alpha value is -2.24. The molecular weight excluding hydrogens is 524 g/mol. The molecule has 0 spiro atoms. The average molecular weight is 569 g/mol. The summed E-state index contributed by atoms with van der Waals surface area (Å²) in [6, 6.07) is 11.7. The van der Waals surface area contributed by atoms with E-state index in [1.807, 2.05) is 36.4 Å². The van der Waals surface area contributed by atoms with Gasteiger partial charge in [0, 0.05) is 50.1 Å². The van der Waals surface area contributed by atoms with Gasteiger partial charge < -0.3 is 33.9 Å². The number of nitrogens with zero attached hydrogens (tertiary/aromatic N) is 2. The predicted molar refractivity (Wildman–Crippen MR) is 153 cm³/mol. The van der Waals surface area contributed by atoms with Crippen LogP contribution in [0.25, 0.3) is 0 Å². The summed E-state index contributed by atoms with van der Waals surface area (Å²) in [6.07, 6.45) is 1.62. The SMILES string of the molecule is CC1(C)Cc2cc(C3(O)CN(CCOCCN4CCOC(O)(c5ccc6c(c5)CC(C)(C)O6)C4)CCO3)ccc2O1. The number of benzene rings is 2. The molecule has 2 aromatic rings. The lowest BCUT2D eigenvalue weighted by Gasteiger charge is -2.40. The van der Waals surface area contributed by atoms with Crippen LogP contribution in [-0.2, 0) is 38.6 Å². The molecule has 0 amide bonds. The van der Waals surface area contributed by atoms with E-state index in [0.717, 1.165) is 59.7 Å². The van der Waals surface area contributed by atoms with Gasteiger partial charge in [-0.2, -0.15) is 0 Å². The number of aliphatic hydroxyl groups is 2. The Balaban J connectivity index is 0.965. The van der Waals surface area contributed by atoms with Gasteiger partial charge in [0.1, 0.15) is 22.7 Å². The number of β-amino-alcohol motifs (C(OH)–C–C–N with tert-alkyl or cyclic N) is 2. The summed E-state index contributed by atoms with van der Waals surface area (Å²) in [5.41, 5.74) is 3.29. The summed E-state index contributed by atoms with van der Waals surface area (Å²) in [5, 5.41) is 22.7. The molecule has 0 aliphatic carbocycles.